The summed E-state index contributed by atoms with van der Waals surface area (Å²) in [5.74, 6) is 0.451. The lowest BCUT2D eigenvalue weighted by atomic mass is 10.1. The zero-order valence-corrected chi connectivity index (χ0v) is 11.2. The molecule has 0 N–H and O–H groups in total. The number of nitrogens with zero attached hydrogens (tertiary/aromatic N) is 1. The number of rotatable bonds is 4. The van der Waals surface area contributed by atoms with Gasteiger partial charge in [0.25, 0.3) is 0 Å². The summed E-state index contributed by atoms with van der Waals surface area (Å²) < 4.78 is 10.2. The Bertz CT molecular complexity index is 593. The molecule has 104 valence electrons. The van der Waals surface area contributed by atoms with E-state index in [0.717, 1.165) is 11.3 Å². The van der Waals surface area contributed by atoms with Crippen molar-refractivity contribution < 1.29 is 19.1 Å². The van der Waals surface area contributed by atoms with Crippen LogP contribution in [0.1, 0.15) is 12.0 Å². The van der Waals surface area contributed by atoms with E-state index in [1.54, 1.807) is 12.0 Å². The van der Waals surface area contributed by atoms with Crippen molar-refractivity contribution in [3.05, 3.63) is 41.6 Å². The van der Waals surface area contributed by atoms with Crippen molar-refractivity contribution in [3.8, 4) is 5.75 Å². The van der Waals surface area contributed by atoms with E-state index in [1.165, 1.54) is 6.08 Å². The average molecular weight is 273 g/mol. The summed E-state index contributed by atoms with van der Waals surface area (Å²) in [7, 11) is 1.62. The van der Waals surface area contributed by atoms with Gasteiger partial charge in [0.2, 0.25) is 5.91 Å². The van der Waals surface area contributed by atoms with Gasteiger partial charge in [-0.15, -0.1) is 0 Å². The van der Waals surface area contributed by atoms with Gasteiger partial charge in [0, 0.05) is 12.6 Å². The van der Waals surface area contributed by atoms with Crippen LogP contribution in [0.2, 0.25) is 0 Å². The number of hydrogen-bond acceptors (Lipinski definition) is 4. The van der Waals surface area contributed by atoms with Gasteiger partial charge in [-0.05, 0) is 24.1 Å². The minimum absolute atomic E-state index is 0.0108. The molecule has 3 rings (SSSR count). The first-order valence-corrected chi connectivity index (χ1v) is 6.53. The van der Waals surface area contributed by atoms with Crippen LogP contribution in [0.15, 0.2) is 36.0 Å². The van der Waals surface area contributed by atoms with Gasteiger partial charge >= 0.3 is 5.97 Å². The largest absolute Gasteiger partial charge is 0.497 e. The molecule has 20 heavy (non-hydrogen) atoms. The lowest BCUT2D eigenvalue weighted by Crippen LogP contribution is -2.26. The van der Waals surface area contributed by atoms with Crippen LogP contribution in [0.3, 0.4) is 0 Å². The summed E-state index contributed by atoms with van der Waals surface area (Å²) in [5, 5.41) is 0. The van der Waals surface area contributed by atoms with Gasteiger partial charge in [0.15, 0.2) is 6.10 Å². The monoisotopic (exact) mass is 273 g/mol. The van der Waals surface area contributed by atoms with Gasteiger partial charge in [0.1, 0.15) is 5.75 Å². The molecule has 1 fully saturated rings. The van der Waals surface area contributed by atoms with Crippen LogP contribution >= 0.6 is 0 Å². The average Bonchev–Trinajstić information content (AvgIpc) is 2.92. The number of carbonyl (C=O) groups excluding carboxylic acids is 2. The molecule has 1 aromatic rings. The maximum atomic E-state index is 11.9. The smallest absolute Gasteiger partial charge is 0.333 e. The Morgan fingerprint density at radius 2 is 2.25 bits per heavy atom. The third-order valence-corrected chi connectivity index (χ3v) is 3.59. The summed E-state index contributed by atoms with van der Waals surface area (Å²) in [6, 6.07) is 7.74. The molecule has 5 heteroatoms. The minimum Gasteiger partial charge on any atom is -0.497 e. The molecule has 1 amide bonds. The van der Waals surface area contributed by atoms with Crippen molar-refractivity contribution in [1.82, 2.24) is 4.90 Å². The zero-order valence-electron chi connectivity index (χ0n) is 11.2. The summed E-state index contributed by atoms with van der Waals surface area (Å²) in [6.45, 7) is 0.547. The number of fused-ring (bicyclic) bond motifs is 1. The molecule has 0 radical (unpaired) electrons. The van der Waals surface area contributed by atoms with E-state index >= 15 is 0 Å². The Balaban J connectivity index is 1.70. The van der Waals surface area contributed by atoms with E-state index < -0.39 is 0 Å². The molecule has 0 saturated carbocycles. The number of hydrogen-bond donors (Lipinski definition) is 0. The first-order chi connectivity index (χ1) is 9.67. The van der Waals surface area contributed by atoms with Gasteiger partial charge in [0.05, 0.1) is 19.2 Å². The van der Waals surface area contributed by atoms with Gasteiger partial charge < -0.3 is 14.4 Å². The second kappa shape index (κ2) is 5.00. The van der Waals surface area contributed by atoms with Gasteiger partial charge in [-0.1, -0.05) is 12.1 Å². The quantitative estimate of drug-likeness (QED) is 0.775. The molecular formula is C15H15NO4. The molecule has 1 atom stereocenters. The molecule has 1 aromatic carbocycles. The standard InChI is InChI=1S/C15H15NO4/c1-19-11-4-2-3-10(7-11)5-6-16-12-8-15(18)20-13(12)9-14(16)17/h2-4,7-8,13H,5-6,9H2,1H3/t13-/m0/s1. The second-order valence-electron chi connectivity index (χ2n) is 4.85. The van der Waals surface area contributed by atoms with E-state index in [1.807, 2.05) is 24.3 Å². The highest BCUT2D eigenvalue weighted by Crippen LogP contribution is 2.30. The number of benzene rings is 1. The predicted octanol–water partition coefficient (Wildman–Crippen LogP) is 1.28. The van der Waals surface area contributed by atoms with Crippen LogP contribution in [-0.4, -0.2) is 36.5 Å². The molecule has 0 spiro atoms. The van der Waals surface area contributed by atoms with Gasteiger partial charge in [-0.3, -0.25) is 4.79 Å². The first-order valence-electron chi connectivity index (χ1n) is 6.53. The predicted molar refractivity (Wildman–Crippen MR) is 71.0 cm³/mol. The summed E-state index contributed by atoms with van der Waals surface area (Å²) in [5.41, 5.74) is 1.79. The van der Waals surface area contributed by atoms with Gasteiger partial charge in [-0.2, -0.15) is 0 Å². The molecule has 5 nitrogen and oxygen atoms in total. The van der Waals surface area contributed by atoms with Crippen molar-refractivity contribution in [2.45, 2.75) is 18.9 Å². The molecule has 0 unspecified atom stereocenters. The van der Waals surface area contributed by atoms with E-state index in [9.17, 15) is 9.59 Å². The normalized spacial score (nSPS) is 20.8. The molecule has 0 aromatic heterocycles. The van der Waals surface area contributed by atoms with E-state index in [0.29, 0.717) is 18.7 Å². The van der Waals surface area contributed by atoms with E-state index in [-0.39, 0.29) is 24.4 Å². The fourth-order valence-electron chi connectivity index (χ4n) is 2.58. The number of ether oxygens (including phenoxy) is 2. The Labute approximate surface area is 116 Å². The number of carbonyl (C=O) groups is 2. The Kier molecular flexibility index (Phi) is 3.18. The Hall–Kier alpha value is -2.30. The van der Waals surface area contributed by atoms with Crippen molar-refractivity contribution in [2.24, 2.45) is 0 Å². The first kappa shape index (κ1) is 12.7. The lowest BCUT2D eigenvalue weighted by molar-refractivity contribution is -0.139. The van der Waals surface area contributed by atoms with E-state index in [2.05, 4.69) is 0 Å². The minimum atomic E-state index is -0.375. The maximum Gasteiger partial charge on any atom is 0.333 e. The Morgan fingerprint density at radius 1 is 1.40 bits per heavy atom. The highest BCUT2D eigenvalue weighted by atomic mass is 16.5. The molecular weight excluding hydrogens is 258 g/mol. The molecule has 2 aliphatic rings. The number of esters is 1. The van der Waals surface area contributed by atoms with Gasteiger partial charge in [-0.25, -0.2) is 4.79 Å². The maximum absolute atomic E-state index is 11.9. The highest BCUT2D eigenvalue weighted by Gasteiger charge is 2.41. The number of amides is 1. The van der Waals surface area contributed by atoms with Crippen molar-refractivity contribution in [3.63, 3.8) is 0 Å². The molecule has 0 aliphatic carbocycles. The fraction of sp³-hybridized carbons (Fsp3) is 0.333. The number of methoxy groups -OCH3 is 1. The van der Waals surface area contributed by atoms with Crippen molar-refractivity contribution >= 4 is 11.9 Å². The van der Waals surface area contributed by atoms with Crippen LogP contribution in [0.4, 0.5) is 0 Å². The second-order valence-corrected chi connectivity index (χ2v) is 4.85. The molecule has 1 saturated heterocycles. The third-order valence-electron chi connectivity index (χ3n) is 3.59. The topological polar surface area (TPSA) is 55.8 Å². The van der Waals surface area contributed by atoms with Crippen LogP contribution in [0.25, 0.3) is 0 Å². The van der Waals surface area contributed by atoms with E-state index in [4.69, 9.17) is 9.47 Å². The molecule has 0 bridgehead atoms. The summed E-state index contributed by atoms with van der Waals surface area (Å²) >= 11 is 0. The molecule has 2 heterocycles. The third kappa shape index (κ3) is 2.27. The highest BCUT2D eigenvalue weighted by molar-refractivity contribution is 5.92. The number of likely N-dealkylation sites (tertiary alicyclic amines) is 1. The SMILES string of the molecule is COc1cccc(CCN2C(=O)C[C@@H]3OC(=O)C=C32)c1. The van der Waals surface area contributed by atoms with Crippen LogP contribution < -0.4 is 4.74 Å². The zero-order chi connectivity index (χ0) is 14.1. The van der Waals surface area contributed by atoms with Crippen LogP contribution in [-0.2, 0) is 20.7 Å². The molecule has 2 aliphatic heterocycles. The van der Waals surface area contributed by atoms with Crippen LogP contribution in [0.5, 0.6) is 5.75 Å². The summed E-state index contributed by atoms with van der Waals surface area (Å²) in [4.78, 5) is 24.8. The Morgan fingerprint density at radius 3 is 3.05 bits per heavy atom. The van der Waals surface area contributed by atoms with Crippen molar-refractivity contribution in [1.29, 1.82) is 0 Å². The van der Waals surface area contributed by atoms with Crippen molar-refractivity contribution in [2.75, 3.05) is 13.7 Å². The lowest BCUT2D eigenvalue weighted by Gasteiger charge is -2.17. The summed E-state index contributed by atoms with van der Waals surface area (Å²) in [6.07, 6.45) is 2.01. The fourth-order valence-corrected chi connectivity index (χ4v) is 2.58. The van der Waals surface area contributed by atoms with Crippen LogP contribution in [0, 0.1) is 0 Å².